The Morgan fingerprint density at radius 1 is 1.24 bits per heavy atom. The Hall–Kier alpha value is -1.30. The zero-order valence-electron chi connectivity index (χ0n) is 13.9. The average molecular weight is 298 g/mol. The summed E-state index contributed by atoms with van der Waals surface area (Å²) in [6.45, 7) is 9.34. The van der Waals surface area contributed by atoms with Crippen LogP contribution >= 0.6 is 0 Å². The van der Waals surface area contributed by atoms with Crippen LogP contribution in [0.1, 0.15) is 40.0 Å². The van der Waals surface area contributed by atoms with Crippen LogP contribution in [0, 0.1) is 0 Å². The molecule has 6 heteroatoms. The van der Waals surface area contributed by atoms with Crippen molar-refractivity contribution in [2.45, 2.75) is 45.6 Å². The number of amides is 1. The van der Waals surface area contributed by atoms with Crippen LogP contribution in [0.3, 0.4) is 0 Å². The van der Waals surface area contributed by atoms with Crippen LogP contribution in [-0.2, 0) is 9.53 Å². The minimum Gasteiger partial charge on any atom is -0.377 e. The van der Waals surface area contributed by atoms with E-state index in [0.29, 0.717) is 12.5 Å². The molecular formula is C15H30N4O2. The lowest BCUT2D eigenvalue weighted by Gasteiger charge is -2.26. The summed E-state index contributed by atoms with van der Waals surface area (Å²) in [6.07, 6.45) is 3.44. The number of piperidine rings is 1. The van der Waals surface area contributed by atoms with E-state index in [0.717, 1.165) is 32.5 Å². The van der Waals surface area contributed by atoms with Gasteiger partial charge in [0.25, 0.3) is 0 Å². The number of nitrogens with zero attached hydrogens (tertiary/aromatic N) is 2. The Morgan fingerprint density at radius 3 is 2.48 bits per heavy atom. The van der Waals surface area contributed by atoms with Gasteiger partial charge in [-0.2, -0.15) is 0 Å². The molecule has 0 aromatic rings. The van der Waals surface area contributed by atoms with Crippen molar-refractivity contribution in [3.05, 3.63) is 0 Å². The van der Waals surface area contributed by atoms with Crippen LogP contribution in [0.25, 0.3) is 0 Å². The van der Waals surface area contributed by atoms with Crippen molar-refractivity contribution in [2.75, 3.05) is 39.8 Å². The number of guanidine groups is 1. The normalized spacial score (nSPS) is 16.8. The zero-order chi connectivity index (χ0) is 15.7. The van der Waals surface area contributed by atoms with Gasteiger partial charge in [-0.15, -0.1) is 0 Å². The highest BCUT2D eigenvalue weighted by Crippen LogP contribution is 2.08. The predicted molar refractivity (Wildman–Crippen MR) is 85.5 cm³/mol. The second-order valence-electron chi connectivity index (χ2n) is 5.95. The van der Waals surface area contributed by atoms with Crippen LogP contribution in [0.2, 0.25) is 0 Å². The van der Waals surface area contributed by atoms with E-state index in [2.05, 4.69) is 15.6 Å². The molecule has 1 fully saturated rings. The summed E-state index contributed by atoms with van der Waals surface area (Å²) in [4.78, 5) is 18.4. The van der Waals surface area contributed by atoms with Crippen molar-refractivity contribution in [2.24, 2.45) is 4.99 Å². The van der Waals surface area contributed by atoms with Crippen molar-refractivity contribution in [1.29, 1.82) is 0 Å². The van der Waals surface area contributed by atoms with Gasteiger partial charge in [-0.25, -0.2) is 4.99 Å². The van der Waals surface area contributed by atoms with Crippen molar-refractivity contribution in [3.63, 3.8) is 0 Å². The van der Waals surface area contributed by atoms with Crippen molar-refractivity contribution in [3.8, 4) is 0 Å². The lowest BCUT2D eigenvalue weighted by Crippen LogP contribution is -2.46. The van der Waals surface area contributed by atoms with E-state index in [-0.39, 0.29) is 18.1 Å². The minimum absolute atomic E-state index is 0.109. The molecule has 1 aliphatic rings. The van der Waals surface area contributed by atoms with Crippen LogP contribution < -0.4 is 10.6 Å². The second kappa shape index (κ2) is 8.87. The molecule has 1 aliphatic heterocycles. The standard InChI is InChI=1S/C15H30N4O2/c1-5-16-14(18-12-15(2,3)21-4)17-11-13(20)19-9-7-6-8-10-19/h5-12H2,1-4H3,(H2,16,17,18). The Bertz CT molecular complexity index is 350. The van der Waals surface area contributed by atoms with Gasteiger partial charge in [-0.3, -0.25) is 4.79 Å². The molecule has 0 spiro atoms. The number of carbonyl (C=O) groups excluding carboxylic acids is 1. The topological polar surface area (TPSA) is 66.0 Å². The molecule has 0 aliphatic carbocycles. The Morgan fingerprint density at radius 2 is 1.90 bits per heavy atom. The van der Waals surface area contributed by atoms with Crippen molar-refractivity contribution >= 4 is 11.9 Å². The summed E-state index contributed by atoms with van der Waals surface area (Å²) in [5.41, 5.74) is -0.271. The van der Waals surface area contributed by atoms with E-state index in [4.69, 9.17) is 4.74 Å². The predicted octanol–water partition coefficient (Wildman–Crippen LogP) is 0.979. The summed E-state index contributed by atoms with van der Waals surface area (Å²) >= 11 is 0. The van der Waals surface area contributed by atoms with E-state index in [1.54, 1.807) is 7.11 Å². The molecule has 0 aromatic heterocycles. The quantitative estimate of drug-likeness (QED) is 0.567. The Kier molecular flexibility index (Phi) is 7.50. The maximum Gasteiger partial charge on any atom is 0.244 e. The number of methoxy groups -OCH3 is 1. The molecule has 0 bridgehead atoms. The van der Waals surface area contributed by atoms with Crippen molar-refractivity contribution < 1.29 is 9.53 Å². The SMILES string of the molecule is CCNC(=NCC(=O)N1CCCCC1)NCC(C)(C)OC. The van der Waals surface area contributed by atoms with Crippen LogP contribution in [-0.4, -0.2) is 62.2 Å². The largest absolute Gasteiger partial charge is 0.377 e. The van der Waals surface area contributed by atoms with E-state index in [1.165, 1.54) is 6.42 Å². The number of likely N-dealkylation sites (tertiary alicyclic amines) is 1. The van der Waals surface area contributed by atoms with Gasteiger partial charge in [0.2, 0.25) is 5.91 Å². The third kappa shape index (κ3) is 6.80. The number of hydrogen-bond donors (Lipinski definition) is 2. The molecule has 1 heterocycles. The molecule has 1 saturated heterocycles. The summed E-state index contributed by atoms with van der Waals surface area (Å²) in [5.74, 6) is 0.769. The van der Waals surface area contributed by atoms with E-state index >= 15 is 0 Å². The van der Waals surface area contributed by atoms with E-state index in [9.17, 15) is 4.79 Å². The van der Waals surface area contributed by atoms with Gasteiger partial charge >= 0.3 is 0 Å². The van der Waals surface area contributed by atoms with Crippen LogP contribution in [0.15, 0.2) is 4.99 Å². The summed E-state index contributed by atoms with van der Waals surface area (Å²) in [6, 6.07) is 0. The lowest BCUT2D eigenvalue weighted by molar-refractivity contribution is -0.130. The number of nitrogens with one attached hydrogen (secondary N) is 2. The van der Waals surface area contributed by atoms with Gasteiger partial charge < -0.3 is 20.3 Å². The number of rotatable bonds is 6. The van der Waals surface area contributed by atoms with Crippen LogP contribution in [0.4, 0.5) is 0 Å². The molecular weight excluding hydrogens is 268 g/mol. The fourth-order valence-electron chi connectivity index (χ4n) is 2.10. The van der Waals surface area contributed by atoms with Gasteiger partial charge in [0.1, 0.15) is 6.54 Å². The highest BCUT2D eigenvalue weighted by atomic mass is 16.5. The smallest absolute Gasteiger partial charge is 0.244 e. The summed E-state index contributed by atoms with van der Waals surface area (Å²) < 4.78 is 5.37. The lowest BCUT2D eigenvalue weighted by atomic mass is 10.1. The van der Waals surface area contributed by atoms with Crippen molar-refractivity contribution in [1.82, 2.24) is 15.5 Å². The molecule has 0 unspecified atom stereocenters. The number of ether oxygens (including phenoxy) is 1. The molecule has 0 saturated carbocycles. The first-order valence-electron chi connectivity index (χ1n) is 7.83. The number of hydrogen-bond acceptors (Lipinski definition) is 3. The minimum atomic E-state index is -0.271. The molecule has 0 aromatic carbocycles. The van der Waals surface area contributed by atoms with E-state index in [1.807, 2.05) is 25.7 Å². The van der Waals surface area contributed by atoms with Gasteiger partial charge in [-0.1, -0.05) is 0 Å². The fraction of sp³-hybridized carbons (Fsp3) is 0.867. The van der Waals surface area contributed by atoms with Gasteiger partial charge in [0.15, 0.2) is 5.96 Å². The first kappa shape index (κ1) is 17.8. The molecule has 1 amide bonds. The molecule has 122 valence electrons. The number of carbonyl (C=O) groups is 1. The third-order valence-electron chi connectivity index (χ3n) is 3.66. The first-order valence-corrected chi connectivity index (χ1v) is 7.83. The number of aliphatic imine (C=N–C) groups is 1. The third-order valence-corrected chi connectivity index (χ3v) is 3.66. The molecule has 2 N–H and O–H groups in total. The Labute approximate surface area is 128 Å². The average Bonchev–Trinajstić information content (AvgIpc) is 2.50. The van der Waals surface area contributed by atoms with Crippen LogP contribution in [0.5, 0.6) is 0 Å². The summed E-state index contributed by atoms with van der Waals surface area (Å²) in [5, 5.41) is 6.36. The van der Waals surface area contributed by atoms with Gasteiger partial charge in [0, 0.05) is 33.3 Å². The molecule has 0 atom stereocenters. The highest BCUT2D eigenvalue weighted by Gasteiger charge is 2.18. The van der Waals surface area contributed by atoms with Gasteiger partial charge in [0.05, 0.1) is 5.60 Å². The van der Waals surface area contributed by atoms with Gasteiger partial charge in [-0.05, 0) is 40.0 Å². The maximum absolute atomic E-state index is 12.1. The first-order chi connectivity index (χ1) is 9.98. The summed E-state index contributed by atoms with van der Waals surface area (Å²) in [7, 11) is 1.69. The molecule has 1 rings (SSSR count). The molecule has 0 radical (unpaired) electrons. The second-order valence-corrected chi connectivity index (χ2v) is 5.95. The zero-order valence-corrected chi connectivity index (χ0v) is 13.9. The monoisotopic (exact) mass is 298 g/mol. The molecule has 6 nitrogen and oxygen atoms in total. The fourth-order valence-corrected chi connectivity index (χ4v) is 2.10. The molecule has 21 heavy (non-hydrogen) atoms. The maximum atomic E-state index is 12.1. The van der Waals surface area contributed by atoms with E-state index < -0.39 is 0 Å². The highest BCUT2D eigenvalue weighted by molar-refractivity contribution is 5.85. The Balaban J connectivity index is 2.48.